The number of pyridine rings is 1. The number of aliphatic hydroxyl groups is 1. The number of rotatable bonds is 6. The van der Waals surface area contributed by atoms with Crippen molar-refractivity contribution in [3.8, 4) is 17.3 Å². The minimum Gasteiger partial charge on any atom is -0.394 e. The maximum atomic E-state index is 13.9. The van der Waals surface area contributed by atoms with Crippen LogP contribution in [0.1, 0.15) is 12.5 Å². The van der Waals surface area contributed by atoms with Crippen LogP contribution in [-0.4, -0.2) is 32.7 Å². The van der Waals surface area contributed by atoms with Gasteiger partial charge in [0.05, 0.1) is 18.0 Å². The number of nitriles is 1. The zero-order valence-corrected chi connectivity index (χ0v) is 14.5. The van der Waals surface area contributed by atoms with Crippen LogP contribution in [0.5, 0.6) is 0 Å². The zero-order chi connectivity index (χ0) is 19.2. The monoisotopic (exact) mass is 364 g/mol. The van der Waals surface area contributed by atoms with Gasteiger partial charge in [-0.15, -0.1) is 0 Å². The summed E-state index contributed by atoms with van der Waals surface area (Å²) in [6.45, 7) is 1.70. The fraction of sp³-hybridized carbons (Fsp3) is 0.158. The van der Waals surface area contributed by atoms with E-state index in [9.17, 15) is 14.8 Å². The third-order valence-electron chi connectivity index (χ3n) is 3.74. The van der Waals surface area contributed by atoms with Gasteiger partial charge in [0.25, 0.3) is 0 Å². The van der Waals surface area contributed by atoms with E-state index < -0.39 is 5.82 Å². The summed E-state index contributed by atoms with van der Waals surface area (Å²) in [6.07, 6.45) is 3.29. The lowest BCUT2D eigenvalue weighted by Gasteiger charge is -2.14. The maximum absolute atomic E-state index is 13.9. The molecule has 0 fully saturated rings. The fourth-order valence-electron chi connectivity index (χ4n) is 2.39. The first-order chi connectivity index (χ1) is 13.1. The molecule has 3 N–H and O–H groups in total. The van der Waals surface area contributed by atoms with Crippen molar-refractivity contribution in [1.82, 2.24) is 15.0 Å². The summed E-state index contributed by atoms with van der Waals surface area (Å²) in [6, 6.07) is 11.2. The Bertz CT molecular complexity index is 974. The van der Waals surface area contributed by atoms with Gasteiger partial charge in [-0.1, -0.05) is 6.07 Å². The first-order valence-electron chi connectivity index (χ1n) is 8.23. The highest BCUT2D eigenvalue weighted by atomic mass is 19.1. The van der Waals surface area contributed by atoms with E-state index in [2.05, 4.69) is 25.6 Å². The molecule has 1 aromatic carbocycles. The second kappa shape index (κ2) is 8.21. The molecule has 0 unspecified atom stereocenters. The Morgan fingerprint density at radius 2 is 2.00 bits per heavy atom. The molecule has 27 heavy (non-hydrogen) atoms. The summed E-state index contributed by atoms with van der Waals surface area (Å²) >= 11 is 0. The highest BCUT2D eigenvalue weighted by molar-refractivity contribution is 5.70. The lowest BCUT2D eigenvalue weighted by molar-refractivity contribution is 0.281. The van der Waals surface area contributed by atoms with Crippen LogP contribution < -0.4 is 10.6 Å². The molecule has 0 aliphatic rings. The average Bonchev–Trinajstić information content (AvgIpc) is 2.68. The van der Waals surface area contributed by atoms with Crippen LogP contribution in [0.2, 0.25) is 0 Å². The van der Waals surface area contributed by atoms with Crippen LogP contribution in [0.4, 0.5) is 21.8 Å². The van der Waals surface area contributed by atoms with Gasteiger partial charge in [-0.05, 0) is 31.2 Å². The van der Waals surface area contributed by atoms with E-state index in [1.54, 1.807) is 43.6 Å². The normalized spacial score (nSPS) is 11.5. The highest BCUT2D eigenvalue weighted by Crippen LogP contribution is 2.26. The van der Waals surface area contributed by atoms with Gasteiger partial charge < -0.3 is 15.7 Å². The lowest BCUT2D eigenvalue weighted by Crippen LogP contribution is -2.21. The largest absolute Gasteiger partial charge is 0.394 e. The molecule has 0 saturated carbocycles. The Hall–Kier alpha value is -3.57. The molecule has 136 valence electrons. The first-order valence-corrected chi connectivity index (χ1v) is 8.23. The number of nitrogens with one attached hydrogen (secondary N) is 2. The van der Waals surface area contributed by atoms with E-state index in [1.165, 1.54) is 12.1 Å². The lowest BCUT2D eigenvalue weighted by atomic mass is 10.1. The van der Waals surface area contributed by atoms with Gasteiger partial charge in [0.1, 0.15) is 23.3 Å². The van der Waals surface area contributed by atoms with Crippen LogP contribution in [0, 0.1) is 17.1 Å². The minimum absolute atomic E-state index is 0.0892. The number of hydrogen-bond acceptors (Lipinski definition) is 7. The summed E-state index contributed by atoms with van der Waals surface area (Å²) in [5.41, 5.74) is 1.63. The predicted molar refractivity (Wildman–Crippen MR) is 99.8 cm³/mol. The van der Waals surface area contributed by atoms with Gasteiger partial charge in [0.15, 0.2) is 0 Å². The summed E-state index contributed by atoms with van der Waals surface area (Å²) in [7, 11) is 0. The maximum Gasteiger partial charge on any atom is 0.225 e. The van der Waals surface area contributed by atoms with Crippen molar-refractivity contribution in [3.05, 3.63) is 60.2 Å². The van der Waals surface area contributed by atoms with Crippen molar-refractivity contribution in [3.63, 3.8) is 0 Å². The van der Waals surface area contributed by atoms with Gasteiger partial charge in [0, 0.05) is 30.1 Å². The molecule has 8 heteroatoms. The van der Waals surface area contributed by atoms with Crippen LogP contribution in [-0.2, 0) is 0 Å². The van der Waals surface area contributed by atoms with E-state index in [-0.39, 0.29) is 18.2 Å². The predicted octanol–water partition coefficient (Wildman–Crippen LogP) is 3.09. The molecule has 0 spiro atoms. The van der Waals surface area contributed by atoms with Crippen LogP contribution in [0.15, 0.2) is 48.8 Å². The smallest absolute Gasteiger partial charge is 0.225 e. The van der Waals surface area contributed by atoms with Crippen LogP contribution in [0.25, 0.3) is 11.3 Å². The van der Waals surface area contributed by atoms with E-state index in [0.29, 0.717) is 23.1 Å². The summed E-state index contributed by atoms with van der Waals surface area (Å²) in [5.74, 6) is 0.0630. The number of anilines is 3. The Labute approximate surface area is 155 Å². The van der Waals surface area contributed by atoms with E-state index in [4.69, 9.17) is 0 Å². The molecule has 1 atom stereocenters. The number of nitrogens with zero attached hydrogens (tertiary/aromatic N) is 4. The number of hydrogen-bond donors (Lipinski definition) is 3. The third kappa shape index (κ3) is 4.34. The van der Waals surface area contributed by atoms with Crippen molar-refractivity contribution < 1.29 is 9.50 Å². The average molecular weight is 364 g/mol. The molecule has 2 heterocycles. The molecule has 7 nitrogen and oxygen atoms in total. The Balaban J connectivity index is 2.03. The molecule has 2 aromatic heterocycles. The Morgan fingerprint density at radius 3 is 2.70 bits per heavy atom. The molecule has 0 amide bonds. The number of aromatic nitrogens is 3. The molecular formula is C19H17FN6O. The number of aliphatic hydroxyl groups excluding tert-OH is 1. The fourth-order valence-corrected chi connectivity index (χ4v) is 2.39. The third-order valence-corrected chi connectivity index (χ3v) is 3.74. The number of benzene rings is 1. The van der Waals surface area contributed by atoms with Crippen molar-refractivity contribution in [2.45, 2.75) is 13.0 Å². The molecule has 3 aromatic rings. The quantitative estimate of drug-likeness (QED) is 0.617. The van der Waals surface area contributed by atoms with Crippen molar-refractivity contribution >= 4 is 17.5 Å². The molecule has 0 saturated heterocycles. The minimum atomic E-state index is -0.613. The van der Waals surface area contributed by atoms with Gasteiger partial charge in [-0.3, -0.25) is 4.98 Å². The van der Waals surface area contributed by atoms with Crippen molar-refractivity contribution in [2.75, 3.05) is 17.2 Å². The van der Waals surface area contributed by atoms with Crippen LogP contribution in [0.3, 0.4) is 0 Å². The summed E-state index contributed by atoms with van der Waals surface area (Å²) < 4.78 is 13.9. The zero-order valence-electron chi connectivity index (χ0n) is 14.5. The molecule has 0 radical (unpaired) electrons. The first kappa shape index (κ1) is 18.2. The van der Waals surface area contributed by atoms with Crippen LogP contribution >= 0.6 is 0 Å². The standard InChI is InChI=1S/C19H17FN6O/c1-12(11-27)23-19-25-17(13-5-7-22-8-6-13)9-18(26-19)24-16-4-2-3-15(20)14(16)10-21/h2-9,12,27H,11H2,1H3,(H2,23,24,25,26)/t12-/m1/s1. The van der Waals surface area contributed by atoms with Gasteiger partial charge in [-0.25, -0.2) is 9.37 Å². The van der Waals surface area contributed by atoms with Gasteiger partial charge in [0.2, 0.25) is 5.95 Å². The molecule has 3 rings (SSSR count). The summed E-state index contributed by atoms with van der Waals surface area (Å²) in [4.78, 5) is 12.8. The van der Waals surface area contributed by atoms with Crippen molar-refractivity contribution in [2.24, 2.45) is 0 Å². The molecule has 0 bridgehead atoms. The van der Waals surface area contributed by atoms with E-state index in [1.807, 2.05) is 6.07 Å². The Kier molecular flexibility index (Phi) is 5.54. The SMILES string of the molecule is C[C@H](CO)Nc1nc(Nc2cccc(F)c2C#N)cc(-c2ccncc2)n1. The van der Waals surface area contributed by atoms with Gasteiger partial charge >= 0.3 is 0 Å². The molecular weight excluding hydrogens is 347 g/mol. The number of halogens is 1. The molecule has 0 aliphatic carbocycles. The topological polar surface area (TPSA) is 107 Å². The molecule has 0 aliphatic heterocycles. The Morgan fingerprint density at radius 1 is 1.22 bits per heavy atom. The highest BCUT2D eigenvalue weighted by Gasteiger charge is 2.12. The summed E-state index contributed by atoms with van der Waals surface area (Å²) in [5, 5.41) is 24.4. The second-order valence-electron chi connectivity index (χ2n) is 5.83. The van der Waals surface area contributed by atoms with E-state index in [0.717, 1.165) is 5.56 Å². The second-order valence-corrected chi connectivity index (χ2v) is 5.83. The van der Waals surface area contributed by atoms with Gasteiger partial charge in [-0.2, -0.15) is 10.2 Å². The van der Waals surface area contributed by atoms with Crippen molar-refractivity contribution in [1.29, 1.82) is 5.26 Å². The van der Waals surface area contributed by atoms with E-state index >= 15 is 0 Å².